The Bertz CT molecular complexity index is 902. The van der Waals surface area contributed by atoms with Crippen LogP contribution >= 0.6 is 0 Å². The molecule has 0 unspecified atom stereocenters. The zero-order valence-corrected chi connectivity index (χ0v) is 12.9. The quantitative estimate of drug-likeness (QED) is 0.563. The van der Waals surface area contributed by atoms with Crippen LogP contribution < -0.4 is 5.32 Å². The lowest BCUT2D eigenvalue weighted by Gasteiger charge is -2.03. The lowest BCUT2D eigenvalue weighted by molar-refractivity contribution is -0.384. The van der Waals surface area contributed by atoms with Gasteiger partial charge in [0.1, 0.15) is 11.6 Å². The molecule has 0 bridgehead atoms. The molecule has 3 rings (SSSR count). The molecule has 0 atom stereocenters. The molecule has 7 heteroatoms. The van der Waals surface area contributed by atoms with Crippen LogP contribution in [0.25, 0.3) is 11.3 Å². The second-order valence-corrected chi connectivity index (χ2v) is 5.28. The van der Waals surface area contributed by atoms with Gasteiger partial charge in [-0.3, -0.25) is 14.9 Å². The smallest absolute Gasteiger partial charge is 0.287 e. The molecule has 0 aliphatic carbocycles. The van der Waals surface area contributed by atoms with Crippen molar-refractivity contribution in [1.82, 2.24) is 5.32 Å². The molecule has 0 radical (unpaired) electrons. The Morgan fingerprint density at radius 2 is 1.72 bits per heavy atom. The van der Waals surface area contributed by atoms with Gasteiger partial charge in [-0.25, -0.2) is 4.39 Å². The summed E-state index contributed by atoms with van der Waals surface area (Å²) in [4.78, 5) is 22.3. The van der Waals surface area contributed by atoms with E-state index in [9.17, 15) is 19.3 Å². The standard InChI is InChI=1S/C18H13FN2O4/c19-14-5-1-12(2-6-14)11-20-18(22)17-10-9-16(25-17)13-3-7-15(8-4-13)21(23)24/h1-10H,11H2,(H,20,22). The number of hydrogen-bond acceptors (Lipinski definition) is 4. The average Bonchev–Trinajstić information content (AvgIpc) is 3.11. The van der Waals surface area contributed by atoms with Crippen LogP contribution in [0.15, 0.2) is 65.1 Å². The van der Waals surface area contributed by atoms with Gasteiger partial charge >= 0.3 is 0 Å². The molecular formula is C18H13FN2O4. The number of carbonyl (C=O) groups excluding carboxylic acids is 1. The van der Waals surface area contributed by atoms with Crippen molar-refractivity contribution in [1.29, 1.82) is 0 Å². The molecule has 1 amide bonds. The highest BCUT2D eigenvalue weighted by Crippen LogP contribution is 2.24. The zero-order valence-electron chi connectivity index (χ0n) is 12.9. The summed E-state index contributed by atoms with van der Waals surface area (Å²) in [6.07, 6.45) is 0. The van der Waals surface area contributed by atoms with Crippen molar-refractivity contribution in [3.63, 3.8) is 0 Å². The van der Waals surface area contributed by atoms with Gasteiger partial charge in [0.05, 0.1) is 4.92 Å². The number of nitrogens with one attached hydrogen (secondary N) is 1. The van der Waals surface area contributed by atoms with Gasteiger partial charge < -0.3 is 9.73 Å². The molecule has 0 aliphatic rings. The van der Waals surface area contributed by atoms with Crippen LogP contribution in [0, 0.1) is 15.9 Å². The maximum atomic E-state index is 12.8. The van der Waals surface area contributed by atoms with E-state index in [1.54, 1.807) is 30.3 Å². The van der Waals surface area contributed by atoms with E-state index in [-0.39, 0.29) is 23.8 Å². The van der Waals surface area contributed by atoms with E-state index < -0.39 is 10.8 Å². The highest BCUT2D eigenvalue weighted by Gasteiger charge is 2.13. The van der Waals surface area contributed by atoms with Crippen molar-refractivity contribution >= 4 is 11.6 Å². The fourth-order valence-corrected chi connectivity index (χ4v) is 2.23. The molecule has 1 aromatic heterocycles. The fraction of sp³-hybridized carbons (Fsp3) is 0.0556. The first-order valence-corrected chi connectivity index (χ1v) is 7.40. The number of hydrogen-bond donors (Lipinski definition) is 1. The number of nitro benzene ring substituents is 1. The summed E-state index contributed by atoms with van der Waals surface area (Å²) in [6, 6.07) is 14.8. The highest BCUT2D eigenvalue weighted by atomic mass is 19.1. The molecule has 0 aliphatic heterocycles. The summed E-state index contributed by atoms with van der Waals surface area (Å²) < 4.78 is 18.3. The Morgan fingerprint density at radius 1 is 1.04 bits per heavy atom. The topological polar surface area (TPSA) is 85.4 Å². The number of carbonyl (C=O) groups is 1. The summed E-state index contributed by atoms with van der Waals surface area (Å²) in [7, 11) is 0. The zero-order chi connectivity index (χ0) is 17.8. The molecule has 3 aromatic rings. The summed E-state index contributed by atoms with van der Waals surface area (Å²) >= 11 is 0. The predicted molar refractivity (Wildman–Crippen MR) is 88.4 cm³/mol. The minimum atomic E-state index is -0.486. The number of rotatable bonds is 5. The van der Waals surface area contributed by atoms with Gasteiger partial charge in [0, 0.05) is 24.2 Å². The van der Waals surface area contributed by atoms with Gasteiger partial charge in [0.25, 0.3) is 11.6 Å². The van der Waals surface area contributed by atoms with Crippen molar-refractivity contribution in [2.45, 2.75) is 6.54 Å². The largest absolute Gasteiger partial charge is 0.451 e. The number of amides is 1. The molecule has 25 heavy (non-hydrogen) atoms. The third-order valence-corrected chi connectivity index (χ3v) is 3.56. The van der Waals surface area contributed by atoms with Crippen molar-refractivity contribution in [3.8, 4) is 11.3 Å². The second-order valence-electron chi connectivity index (χ2n) is 5.28. The van der Waals surface area contributed by atoms with Crippen LogP contribution in [0.1, 0.15) is 16.1 Å². The number of non-ortho nitro benzene ring substituents is 1. The van der Waals surface area contributed by atoms with Gasteiger partial charge in [0.2, 0.25) is 0 Å². The summed E-state index contributed by atoms with van der Waals surface area (Å²) in [5.74, 6) is -0.191. The first-order valence-electron chi connectivity index (χ1n) is 7.40. The number of furan rings is 1. The molecule has 6 nitrogen and oxygen atoms in total. The first-order chi connectivity index (χ1) is 12.0. The number of halogens is 1. The molecule has 2 aromatic carbocycles. The second kappa shape index (κ2) is 6.96. The Hall–Kier alpha value is -3.48. The maximum Gasteiger partial charge on any atom is 0.287 e. The monoisotopic (exact) mass is 340 g/mol. The van der Waals surface area contributed by atoms with Crippen LogP contribution in [0.3, 0.4) is 0 Å². The Balaban J connectivity index is 1.66. The Labute approximate surface area is 142 Å². The first kappa shape index (κ1) is 16.4. The molecule has 0 saturated heterocycles. The van der Waals surface area contributed by atoms with Gasteiger partial charge in [0.15, 0.2) is 5.76 Å². The lowest BCUT2D eigenvalue weighted by atomic mass is 10.1. The number of benzene rings is 2. The molecule has 0 spiro atoms. The minimum Gasteiger partial charge on any atom is -0.451 e. The van der Waals surface area contributed by atoms with Crippen molar-refractivity contribution in [2.75, 3.05) is 0 Å². The molecule has 126 valence electrons. The van der Waals surface area contributed by atoms with Crippen LogP contribution in [0.2, 0.25) is 0 Å². The SMILES string of the molecule is O=C(NCc1ccc(F)cc1)c1ccc(-c2ccc([N+](=O)[O-])cc2)o1. The minimum absolute atomic E-state index is 0.0208. The predicted octanol–water partition coefficient (Wildman–Crippen LogP) is 3.92. The Kier molecular flexibility index (Phi) is 4.56. The van der Waals surface area contributed by atoms with E-state index in [1.165, 1.54) is 30.3 Å². The molecule has 0 saturated carbocycles. The summed E-state index contributed by atoms with van der Waals surface area (Å²) in [5.41, 5.74) is 1.37. The fourth-order valence-electron chi connectivity index (χ4n) is 2.23. The van der Waals surface area contributed by atoms with Gasteiger partial charge in [-0.05, 0) is 42.0 Å². The van der Waals surface area contributed by atoms with Gasteiger partial charge in [-0.1, -0.05) is 12.1 Å². The van der Waals surface area contributed by atoms with E-state index in [2.05, 4.69) is 5.32 Å². The molecule has 1 N–H and O–H groups in total. The normalized spacial score (nSPS) is 10.4. The van der Waals surface area contributed by atoms with E-state index in [1.807, 2.05) is 0 Å². The average molecular weight is 340 g/mol. The van der Waals surface area contributed by atoms with E-state index in [4.69, 9.17) is 4.42 Å². The third-order valence-electron chi connectivity index (χ3n) is 3.56. The summed E-state index contributed by atoms with van der Waals surface area (Å²) in [5, 5.41) is 13.3. The van der Waals surface area contributed by atoms with E-state index >= 15 is 0 Å². The number of nitrogens with zero attached hydrogens (tertiary/aromatic N) is 1. The molecule has 1 heterocycles. The number of nitro groups is 1. The Morgan fingerprint density at radius 3 is 2.36 bits per heavy atom. The van der Waals surface area contributed by atoms with Crippen molar-refractivity contribution < 1.29 is 18.5 Å². The third kappa shape index (κ3) is 3.89. The van der Waals surface area contributed by atoms with Crippen LogP contribution in [0.4, 0.5) is 10.1 Å². The van der Waals surface area contributed by atoms with Gasteiger partial charge in [-0.2, -0.15) is 0 Å². The maximum absolute atomic E-state index is 12.8. The highest BCUT2D eigenvalue weighted by molar-refractivity contribution is 5.92. The van der Waals surface area contributed by atoms with Gasteiger partial charge in [-0.15, -0.1) is 0 Å². The van der Waals surface area contributed by atoms with Crippen LogP contribution in [-0.2, 0) is 6.54 Å². The van der Waals surface area contributed by atoms with E-state index in [0.29, 0.717) is 11.3 Å². The summed E-state index contributed by atoms with van der Waals surface area (Å²) in [6.45, 7) is 0.243. The van der Waals surface area contributed by atoms with Crippen molar-refractivity contribution in [3.05, 3.63) is 87.9 Å². The van der Waals surface area contributed by atoms with Crippen molar-refractivity contribution in [2.24, 2.45) is 0 Å². The van der Waals surface area contributed by atoms with Crippen LogP contribution in [-0.4, -0.2) is 10.8 Å². The lowest BCUT2D eigenvalue weighted by Crippen LogP contribution is -2.22. The molecular weight excluding hydrogens is 327 g/mol. The van der Waals surface area contributed by atoms with E-state index in [0.717, 1.165) is 5.56 Å². The van der Waals surface area contributed by atoms with Crippen LogP contribution in [0.5, 0.6) is 0 Å². The molecule has 0 fully saturated rings.